The molecule has 17 heavy (non-hydrogen) atoms. The molecule has 1 aromatic carbocycles. The van der Waals surface area contributed by atoms with Crippen LogP contribution >= 0.6 is 35.0 Å². The number of carbonyl (C=O) groups excluding carboxylic acids is 1. The Balaban J connectivity index is 2.24. The topological polar surface area (TPSA) is 46.3 Å². The molecule has 2 N–H and O–H groups in total. The van der Waals surface area contributed by atoms with Crippen LogP contribution in [-0.4, -0.2) is 35.4 Å². The van der Waals surface area contributed by atoms with Crippen molar-refractivity contribution in [1.29, 1.82) is 0 Å². The summed E-state index contributed by atoms with van der Waals surface area (Å²) in [6, 6.07) is 3.16. The maximum atomic E-state index is 12.2. The van der Waals surface area contributed by atoms with E-state index in [1.54, 1.807) is 12.1 Å². The summed E-state index contributed by atoms with van der Waals surface area (Å²) in [5.41, 5.74) is 6.54. The second-order valence-electron chi connectivity index (χ2n) is 3.77. The van der Waals surface area contributed by atoms with Gasteiger partial charge in [0.1, 0.15) is 0 Å². The van der Waals surface area contributed by atoms with E-state index >= 15 is 0 Å². The highest BCUT2D eigenvalue weighted by atomic mass is 35.5. The molecule has 0 saturated carbocycles. The number of halogens is 2. The van der Waals surface area contributed by atoms with E-state index in [9.17, 15) is 4.79 Å². The van der Waals surface area contributed by atoms with Gasteiger partial charge in [-0.2, -0.15) is 11.8 Å². The highest BCUT2D eigenvalue weighted by Crippen LogP contribution is 2.30. The van der Waals surface area contributed by atoms with Crippen LogP contribution in [0.15, 0.2) is 12.1 Å². The Morgan fingerprint density at radius 1 is 1.29 bits per heavy atom. The number of benzene rings is 1. The van der Waals surface area contributed by atoms with Crippen LogP contribution in [0.25, 0.3) is 0 Å². The van der Waals surface area contributed by atoms with Gasteiger partial charge in [0.25, 0.3) is 5.91 Å². The Bertz CT molecular complexity index is 424. The zero-order chi connectivity index (χ0) is 12.4. The molecule has 0 spiro atoms. The fraction of sp³-hybridized carbons (Fsp3) is 0.364. The summed E-state index contributed by atoms with van der Waals surface area (Å²) in [6.07, 6.45) is 0. The van der Waals surface area contributed by atoms with Crippen LogP contribution in [0.1, 0.15) is 10.4 Å². The van der Waals surface area contributed by atoms with Crippen molar-refractivity contribution in [2.75, 3.05) is 30.3 Å². The van der Waals surface area contributed by atoms with Crippen molar-refractivity contribution in [2.45, 2.75) is 0 Å². The molecule has 1 saturated heterocycles. The Hall–Kier alpha value is -0.580. The number of anilines is 1. The van der Waals surface area contributed by atoms with E-state index < -0.39 is 0 Å². The summed E-state index contributed by atoms with van der Waals surface area (Å²) >= 11 is 13.6. The molecule has 0 bridgehead atoms. The molecule has 1 aromatic rings. The highest BCUT2D eigenvalue weighted by molar-refractivity contribution is 7.99. The molecule has 1 heterocycles. The van der Waals surface area contributed by atoms with Crippen molar-refractivity contribution in [2.24, 2.45) is 0 Å². The first-order valence-corrected chi connectivity index (χ1v) is 7.12. The first kappa shape index (κ1) is 12.9. The lowest BCUT2D eigenvalue weighted by Gasteiger charge is -2.26. The van der Waals surface area contributed by atoms with E-state index in [2.05, 4.69) is 0 Å². The molecule has 92 valence electrons. The Morgan fingerprint density at radius 2 is 1.94 bits per heavy atom. The molecule has 6 heteroatoms. The quantitative estimate of drug-likeness (QED) is 0.809. The number of nitrogens with zero attached hydrogens (tertiary/aromatic N) is 1. The first-order valence-electron chi connectivity index (χ1n) is 5.21. The highest BCUT2D eigenvalue weighted by Gasteiger charge is 2.19. The minimum absolute atomic E-state index is 0.0319. The van der Waals surface area contributed by atoms with Crippen molar-refractivity contribution in [3.05, 3.63) is 27.7 Å². The van der Waals surface area contributed by atoms with E-state index in [4.69, 9.17) is 28.9 Å². The van der Waals surface area contributed by atoms with Crippen LogP contribution in [-0.2, 0) is 0 Å². The van der Waals surface area contributed by atoms with Crippen LogP contribution in [0.3, 0.4) is 0 Å². The van der Waals surface area contributed by atoms with Crippen molar-refractivity contribution < 1.29 is 4.79 Å². The van der Waals surface area contributed by atoms with Crippen molar-refractivity contribution in [3.8, 4) is 0 Å². The first-order chi connectivity index (χ1) is 8.09. The fourth-order valence-corrected chi connectivity index (χ4v) is 2.92. The van der Waals surface area contributed by atoms with Crippen LogP contribution < -0.4 is 5.73 Å². The summed E-state index contributed by atoms with van der Waals surface area (Å²) in [4.78, 5) is 14.0. The summed E-state index contributed by atoms with van der Waals surface area (Å²) < 4.78 is 0. The Morgan fingerprint density at radius 3 is 2.53 bits per heavy atom. The van der Waals surface area contributed by atoms with Crippen LogP contribution in [0.2, 0.25) is 10.0 Å². The van der Waals surface area contributed by atoms with Crippen LogP contribution in [0, 0.1) is 0 Å². The molecular weight excluding hydrogens is 279 g/mol. The predicted molar refractivity (Wildman–Crippen MR) is 74.1 cm³/mol. The number of amides is 1. The minimum Gasteiger partial charge on any atom is -0.397 e. The number of hydrogen-bond donors (Lipinski definition) is 1. The van der Waals surface area contributed by atoms with Gasteiger partial charge in [-0.25, -0.2) is 0 Å². The molecule has 0 radical (unpaired) electrons. The lowest BCUT2D eigenvalue weighted by Crippen LogP contribution is -2.37. The van der Waals surface area contributed by atoms with E-state index in [1.807, 2.05) is 16.7 Å². The number of rotatable bonds is 1. The predicted octanol–water partition coefficient (Wildman–Crippen LogP) is 2.76. The molecule has 2 rings (SSSR count). The second kappa shape index (κ2) is 5.38. The van der Waals surface area contributed by atoms with Crippen LogP contribution in [0.4, 0.5) is 5.69 Å². The van der Waals surface area contributed by atoms with Crippen molar-refractivity contribution in [1.82, 2.24) is 4.90 Å². The zero-order valence-corrected chi connectivity index (χ0v) is 11.4. The van der Waals surface area contributed by atoms with Gasteiger partial charge in [-0.15, -0.1) is 0 Å². The number of nitrogen functional groups attached to an aromatic ring is 1. The van der Waals surface area contributed by atoms with Gasteiger partial charge in [-0.05, 0) is 12.1 Å². The second-order valence-corrected chi connectivity index (χ2v) is 5.78. The SMILES string of the molecule is Nc1cc(C(=O)N2CCSCC2)cc(Cl)c1Cl. The minimum atomic E-state index is -0.0319. The van der Waals surface area contributed by atoms with Gasteiger partial charge in [0.05, 0.1) is 15.7 Å². The molecular formula is C11H12Cl2N2OS. The zero-order valence-electron chi connectivity index (χ0n) is 9.08. The average Bonchev–Trinajstić information content (AvgIpc) is 2.35. The number of thioether (sulfide) groups is 1. The van der Waals surface area contributed by atoms with Gasteiger partial charge in [-0.1, -0.05) is 23.2 Å². The summed E-state index contributed by atoms with van der Waals surface area (Å²) in [6.45, 7) is 1.54. The van der Waals surface area contributed by atoms with Gasteiger partial charge in [0.2, 0.25) is 0 Å². The molecule has 1 amide bonds. The third kappa shape index (κ3) is 2.81. The fourth-order valence-electron chi connectivity index (χ4n) is 1.68. The molecule has 1 fully saturated rings. The van der Waals surface area contributed by atoms with E-state index in [-0.39, 0.29) is 5.91 Å². The van der Waals surface area contributed by atoms with Gasteiger partial charge < -0.3 is 10.6 Å². The monoisotopic (exact) mass is 290 g/mol. The van der Waals surface area contributed by atoms with Gasteiger partial charge in [0.15, 0.2) is 0 Å². The molecule has 1 aliphatic rings. The molecule has 0 atom stereocenters. The number of carbonyl (C=O) groups is 1. The lowest BCUT2D eigenvalue weighted by molar-refractivity contribution is 0.0772. The molecule has 0 aromatic heterocycles. The normalized spacial score (nSPS) is 16.0. The molecule has 3 nitrogen and oxygen atoms in total. The van der Waals surface area contributed by atoms with Crippen molar-refractivity contribution in [3.63, 3.8) is 0 Å². The van der Waals surface area contributed by atoms with Gasteiger partial charge in [0, 0.05) is 30.2 Å². The maximum Gasteiger partial charge on any atom is 0.254 e. The Kier molecular flexibility index (Phi) is 4.07. The maximum absolute atomic E-state index is 12.2. The number of hydrogen-bond acceptors (Lipinski definition) is 3. The van der Waals surface area contributed by atoms with Gasteiger partial charge >= 0.3 is 0 Å². The third-order valence-corrected chi connectivity index (χ3v) is 4.36. The van der Waals surface area contributed by atoms with Crippen LogP contribution in [0.5, 0.6) is 0 Å². The summed E-state index contributed by atoms with van der Waals surface area (Å²) in [5, 5.41) is 0.624. The third-order valence-electron chi connectivity index (χ3n) is 2.60. The van der Waals surface area contributed by atoms with Gasteiger partial charge in [-0.3, -0.25) is 4.79 Å². The smallest absolute Gasteiger partial charge is 0.254 e. The molecule has 1 aliphatic heterocycles. The largest absolute Gasteiger partial charge is 0.397 e. The van der Waals surface area contributed by atoms with E-state index in [0.717, 1.165) is 24.6 Å². The molecule has 0 aliphatic carbocycles. The summed E-state index contributed by atoms with van der Waals surface area (Å²) in [7, 11) is 0. The number of nitrogens with two attached hydrogens (primary N) is 1. The molecule has 0 unspecified atom stereocenters. The van der Waals surface area contributed by atoms with Crippen molar-refractivity contribution >= 4 is 46.6 Å². The Labute approximate surface area is 114 Å². The lowest BCUT2D eigenvalue weighted by atomic mass is 10.1. The van der Waals surface area contributed by atoms with E-state index in [1.165, 1.54) is 0 Å². The van der Waals surface area contributed by atoms with E-state index in [0.29, 0.717) is 21.3 Å². The summed E-state index contributed by atoms with van der Waals surface area (Å²) in [5.74, 6) is 1.92. The average molecular weight is 291 g/mol. The standard InChI is InChI=1S/C11H12Cl2N2OS/c12-8-5-7(6-9(14)10(8)13)11(16)15-1-3-17-4-2-15/h5-6H,1-4,14H2.